The van der Waals surface area contributed by atoms with Crippen molar-refractivity contribution < 1.29 is 18.3 Å². The molecule has 2 aromatic carbocycles. The average Bonchev–Trinajstić information content (AvgIpc) is 2.77. The number of aryl methyl sites for hydroxylation is 2. The van der Waals surface area contributed by atoms with Gasteiger partial charge in [-0.05, 0) is 36.1 Å². The number of rotatable bonds is 4. The quantitative estimate of drug-likeness (QED) is 0.642. The van der Waals surface area contributed by atoms with Crippen molar-refractivity contribution in [1.82, 2.24) is 0 Å². The van der Waals surface area contributed by atoms with Gasteiger partial charge in [-0.2, -0.15) is 0 Å². The minimum absolute atomic E-state index is 0. The highest BCUT2D eigenvalue weighted by molar-refractivity contribution is 5.71. The van der Waals surface area contributed by atoms with E-state index in [2.05, 4.69) is 17.0 Å². The number of hydrogen-bond acceptors (Lipinski definition) is 2. The maximum atomic E-state index is 12.7. The standard InChI is InChI=1S/C19H24N2O.H2O/c1-21(2,22)15-7-14-20-18-10-5-3-8-16(18)12-13-17-9-4-6-11-19(17)20;/h3-6,8-11H,7,12-15H2,1-2H3;1H2/i1D3,2D3;. The zero-order valence-corrected chi connectivity index (χ0v) is 13.0. The van der Waals surface area contributed by atoms with E-state index in [-0.39, 0.29) is 11.9 Å². The minimum atomic E-state index is -3.15. The van der Waals surface area contributed by atoms with Crippen LogP contribution in [0.5, 0.6) is 0 Å². The number of nitrogens with zero attached hydrogens (tertiary/aromatic N) is 2. The summed E-state index contributed by atoms with van der Waals surface area (Å²) in [5.74, 6) is 0. The molecular weight excluding hydrogens is 288 g/mol. The molecule has 0 saturated heterocycles. The number of anilines is 2. The average molecular weight is 320 g/mol. The first-order valence-corrected chi connectivity index (χ1v) is 7.57. The fourth-order valence-corrected chi connectivity index (χ4v) is 3.06. The third-order valence-electron chi connectivity index (χ3n) is 4.08. The van der Waals surface area contributed by atoms with Crippen LogP contribution in [0, 0.1) is 5.21 Å². The lowest BCUT2D eigenvalue weighted by molar-refractivity contribution is -0.840. The van der Waals surface area contributed by atoms with E-state index >= 15 is 0 Å². The number of para-hydroxylation sites is 2. The van der Waals surface area contributed by atoms with Crippen molar-refractivity contribution in [2.45, 2.75) is 19.3 Å². The normalized spacial score (nSPS) is 18.6. The van der Waals surface area contributed by atoms with Crippen LogP contribution in [0.15, 0.2) is 48.5 Å². The second-order valence-corrected chi connectivity index (χ2v) is 5.73. The molecule has 0 fully saturated rings. The molecule has 1 aliphatic rings. The predicted octanol–water partition coefficient (Wildman–Crippen LogP) is 3.06. The Balaban J connectivity index is 0.00000300. The molecule has 124 valence electrons. The van der Waals surface area contributed by atoms with E-state index in [9.17, 15) is 5.21 Å². The van der Waals surface area contributed by atoms with E-state index < -0.39 is 25.1 Å². The van der Waals surface area contributed by atoms with Crippen molar-refractivity contribution in [3.8, 4) is 0 Å². The zero-order chi connectivity index (χ0) is 20.6. The summed E-state index contributed by atoms with van der Waals surface area (Å²) < 4.78 is 42.5. The molecule has 0 unspecified atom stereocenters. The van der Waals surface area contributed by atoms with Crippen molar-refractivity contribution >= 4 is 11.4 Å². The molecule has 4 nitrogen and oxygen atoms in total. The molecule has 1 heterocycles. The highest BCUT2D eigenvalue weighted by atomic mass is 16.5. The minimum Gasteiger partial charge on any atom is -0.633 e. The monoisotopic (exact) mass is 320 g/mol. The van der Waals surface area contributed by atoms with Gasteiger partial charge >= 0.3 is 0 Å². The second kappa shape index (κ2) is 7.13. The van der Waals surface area contributed by atoms with E-state index in [1.165, 1.54) is 11.1 Å². The van der Waals surface area contributed by atoms with Gasteiger partial charge in [0.1, 0.15) is 0 Å². The summed E-state index contributed by atoms with van der Waals surface area (Å²) in [6, 6.07) is 16.0. The lowest BCUT2D eigenvalue weighted by atomic mass is 10.0. The first-order valence-electron chi connectivity index (χ1n) is 10.6. The fourth-order valence-electron chi connectivity index (χ4n) is 3.06. The van der Waals surface area contributed by atoms with Crippen LogP contribution in [0.2, 0.25) is 0 Å². The van der Waals surface area contributed by atoms with Crippen LogP contribution in [0.3, 0.4) is 0 Å². The van der Waals surface area contributed by atoms with Crippen LogP contribution >= 0.6 is 0 Å². The third-order valence-corrected chi connectivity index (χ3v) is 4.08. The second-order valence-electron chi connectivity index (χ2n) is 5.73. The van der Waals surface area contributed by atoms with Crippen molar-refractivity contribution in [1.29, 1.82) is 0 Å². The van der Waals surface area contributed by atoms with Crippen molar-refractivity contribution in [3.05, 3.63) is 64.9 Å². The molecule has 0 atom stereocenters. The van der Waals surface area contributed by atoms with E-state index in [1.807, 2.05) is 36.4 Å². The topological polar surface area (TPSA) is 57.8 Å². The van der Waals surface area contributed by atoms with Crippen LogP contribution in [-0.4, -0.2) is 37.2 Å². The molecule has 0 bridgehead atoms. The summed E-state index contributed by atoms with van der Waals surface area (Å²) in [6.45, 7) is -6.45. The van der Waals surface area contributed by atoms with Crippen LogP contribution in [0.1, 0.15) is 25.8 Å². The summed E-state index contributed by atoms with van der Waals surface area (Å²) in [5.41, 5.74) is 4.37. The molecule has 0 aromatic heterocycles. The molecule has 0 spiro atoms. The van der Waals surface area contributed by atoms with Gasteiger partial charge in [-0.3, -0.25) is 0 Å². The molecular formula is C19H26N2O2. The SMILES string of the molecule is O.[2H]C([2H])([2H])[N+]([O-])(CCCN1c2ccccc2CCc2ccccc21)C([2H])([2H])[2H]. The summed E-state index contributed by atoms with van der Waals surface area (Å²) >= 11 is 0. The van der Waals surface area contributed by atoms with Crippen molar-refractivity contribution in [2.24, 2.45) is 0 Å². The summed E-state index contributed by atoms with van der Waals surface area (Å²) in [6.07, 6.45) is 1.91. The summed E-state index contributed by atoms with van der Waals surface area (Å²) in [5, 5.41) is 12.7. The van der Waals surface area contributed by atoms with Gasteiger partial charge in [0.25, 0.3) is 0 Å². The number of hydroxylamine groups is 3. The maximum absolute atomic E-state index is 12.7. The van der Waals surface area contributed by atoms with Crippen LogP contribution < -0.4 is 4.90 Å². The largest absolute Gasteiger partial charge is 0.633 e. The van der Waals surface area contributed by atoms with E-state index in [1.54, 1.807) is 0 Å². The van der Waals surface area contributed by atoms with Gasteiger partial charge in [0, 0.05) is 24.3 Å². The van der Waals surface area contributed by atoms with E-state index in [0.29, 0.717) is 6.54 Å². The Morgan fingerprint density at radius 2 is 1.52 bits per heavy atom. The smallest absolute Gasteiger partial charge is 0.0890 e. The highest BCUT2D eigenvalue weighted by Crippen LogP contribution is 2.35. The van der Waals surface area contributed by atoms with Crippen LogP contribution in [0.4, 0.5) is 11.4 Å². The fraction of sp³-hybridized carbons (Fsp3) is 0.368. The molecule has 0 radical (unpaired) electrons. The Hall–Kier alpha value is -1.88. The first kappa shape index (κ1) is 10.8. The molecule has 0 amide bonds. The number of quaternary nitrogens is 1. The number of hydrogen-bond donors (Lipinski definition) is 0. The van der Waals surface area contributed by atoms with Crippen molar-refractivity contribution in [3.63, 3.8) is 0 Å². The Labute approximate surface area is 146 Å². The molecule has 23 heavy (non-hydrogen) atoms. The molecule has 2 aromatic rings. The maximum Gasteiger partial charge on any atom is 0.0890 e. The molecule has 0 saturated carbocycles. The molecule has 3 rings (SSSR count). The predicted molar refractivity (Wildman–Crippen MR) is 95.9 cm³/mol. The lowest BCUT2D eigenvalue weighted by Gasteiger charge is -2.35. The molecule has 4 heteroatoms. The lowest BCUT2D eigenvalue weighted by Crippen LogP contribution is -2.35. The van der Waals surface area contributed by atoms with Gasteiger partial charge in [0.05, 0.1) is 28.7 Å². The van der Waals surface area contributed by atoms with Gasteiger partial charge in [0.2, 0.25) is 0 Å². The van der Waals surface area contributed by atoms with Crippen LogP contribution in [-0.2, 0) is 12.8 Å². The Morgan fingerprint density at radius 3 is 2.04 bits per heavy atom. The van der Waals surface area contributed by atoms with Crippen LogP contribution in [0.25, 0.3) is 0 Å². The van der Waals surface area contributed by atoms with Gasteiger partial charge in [-0.25, -0.2) is 0 Å². The van der Waals surface area contributed by atoms with E-state index in [4.69, 9.17) is 8.22 Å². The molecule has 0 aliphatic carbocycles. The Kier molecular flexibility index (Phi) is 3.35. The summed E-state index contributed by atoms with van der Waals surface area (Å²) in [7, 11) is 0. The Bertz CT molecular complexity index is 776. The number of fused-ring (bicyclic) bond motifs is 2. The zero-order valence-electron chi connectivity index (χ0n) is 19.0. The molecule has 2 N–H and O–H groups in total. The van der Waals surface area contributed by atoms with Gasteiger partial charge < -0.3 is 20.2 Å². The molecule has 1 aliphatic heterocycles. The van der Waals surface area contributed by atoms with Gasteiger partial charge in [-0.15, -0.1) is 0 Å². The van der Waals surface area contributed by atoms with Gasteiger partial charge in [0.15, 0.2) is 0 Å². The number of benzene rings is 2. The first-order chi connectivity index (χ1) is 13.0. The van der Waals surface area contributed by atoms with Gasteiger partial charge in [-0.1, -0.05) is 36.4 Å². The highest BCUT2D eigenvalue weighted by Gasteiger charge is 2.20. The van der Waals surface area contributed by atoms with Crippen molar-refractivity contribution in [2.75, 3.05) is 31.9 Å². The third kappa shape index (κ3) is 4.10. The summed E-state index contributed by atoms with van der Waals surface area (Å²) in [4.78, 5) is 2.07. The van der Waals surface area contributed by atoms with E-state index in [0.717, 1.165) is 24.2 Å². The Morgan fingerprint density at radius 1 is 1.00 bits per heavy atom.